The molecular weight excluding hydrogens is 206 g/mol. The highest BCUT2D eigenvalue weighted by molar-refractivity contribution is 5.49. The van der Waals surface area contributed by atoms with Crippen molar-refractivity contribution >= 4 is 5.69 Å². The second-order valence-corrected chi connectivity index (χ2v) is 3.51. The molecule has 84 valence electrons. The summed E-state index contributed by atoms with van der Waals surface area (Å²) in [5.41, 5.74) is 1.09. The maximum Gasteiger partial charge on any atom is 0.211 e. The maximum atomic E-state index is 5.53. The van der Waals surface area contributed by atoms with Gasteiger partial charge in [-0.1, -0.05) is 11.3 Å². The molecule has 0 fully saturated rings. The first kappa shape index (κ1) is 10.4. The smallest absolute Gasteiger partial charge is 0.211 e. The summed E-state index contributed by atoms with van der Waals surface area (Å²) < 4.78 is 5.53. The van der Waals surface area contributed by atoms with Gasteiger partial charge in [-0.15, -0.1) is 10.2 Å². The number of nitrogens with zero attached hydrogens (tertiary/aromatic N) is 4. The van der Waals surface area contributed by atoms with Crippen LogP contribution < -0.4 is 9.64 Å². The van der Waals surface area contributed by atoms with Crippen molar-refractivity contribution in [1.82, 2.24) is 20.6 Å². The Hall–Kier alpha value is -2.11. The average molecular weight is 219 g/mol. The molecule has 0 spiro atoms. The van der Waals surface area contributed by atoms with Crippen molar-refractivity contribution in [3.63, 3.8) is 0 Å². The van der Waals surface area contributed by atoms with E-state index in [4.69, 9.17) is 4.74 Å². The van der Waals surface area contributed by atoms with Crippen molar-refractivity contribution in [3.05, 3.63) is 30.1 Å². The summed E-state index contributed by atoms with van der Waals surface area (Å²) in [5.74, 6) is 1.33. The van der Waals surface area contributed by atoms with E-state index in [2.05, 4.69) is 20.6 Å². The molecular formula is C10H13N5O. The molecule has 6 heteroatoms. The number of rotatable bonds is 4. The topological polar surface area (TPSA) is 66.9 Å². The van der Waals surface area contributed by atoms with Gasteiger partial charge in [-0.3, -0.25) is 0 Å². The van der Waals surface area contributed by atoms with Crippen molar-refractivity contribution in [1.29, 1.82) is 0 Å². The number of benzene rings is 1. The highest BCUT2D eigenvalue weighted by Crippen LogP contribution is 2.19. The third kappa shape index (κ3) is 2.47. The predicted molar refractivity (Wildman–Crippen MR) is 59.3 cm³/mol. The lowest BCUT2D eigenvalue weighted by Gasteiger charge is -2.13. The second kappa shape index (κ2) is 4.61. The van der Waals surface area contributed by atoms with Crippen LogP contribution in [0.2, 0.25) is 0 Å². The van der Waals surface area contributed by atoms with E-state index < -0.39 is 0 Å². The van der Waals surface area contributed by atoms with E-state index in [0.717, 1.165) is 11.4 Å². The Morgan fingerprint density at radius 1 is 1.38 bits per heavy atom. The molecule has 2 aromatic rings. The van der Waals surface area contributed by atoms with Gasteiger partial charge in [0.1, 0.15) is 5.75 Å². The zero-order valence-electron chi connectivity index (χ0n) is 9.21. The van der Waals surface area contributed by atoms with Crippen LogP contribution in [0.4, 0.5) is 5.69 Å². The Balaban J connectivity index is 2.01. The van der Waals surface area contributed by atoms with E-state index in [-0.39, 0.29) is 0 Å². The fourth-order valence-electron chi connectivity index (χ4n) is 1.24. The summed E-state index contributed by atoms with van der Waals surface area (Å²) in [7, 11) is 3.97. The van der Waals surface area contributed by atoms with Gasteiger partial charge in [-0.05, 0) is 12.1 Å². The van der Waals surface area contributed by atoms with Crippen molar-refractivity contribution in [2.75, 3.05) is 19.0 Å². The minimum absolute atomic E-state index is 0.313. The zero-order chi connectivity index (χ0) is 11.4. The van der Waals surface area contributed by atoms with Crippen molar-refractivity contribution < 1.29 is 4.74 Å². The summed E-state index contributed by atoms with van der Waals surface area (Å²) in [4.78, 5) is 2.02. The van der Waals surface area contributed by atoms with Crippen LogP contribution in [0.5, 0.6) is 5.75 Å². The van der Waals surface area contributed by atoms with E-state index in [9.17, 15) is 0 Å². The number of nitrogens with one attached hydrogen (secondary N) is 1. The zero-order valence-corrected chi connectivity index (χ0v) is 9.21. The summed E-state index contributed by atoms with van der Waals surface area (Å²) in [6.45, 7) is 0.313. The largest absolute Gasteiger partial charge is 0.485 e. The van der Waals surface area contributed by atoms with E-state index in [1.54, 1.807) is 0 Å². The number of ether oxygens (including phenoxy) is 1. The lowest BCUT2D eigenvalue weighted by Crippen LogP contribution is -2.08. The van der Waals surface area contributed by atoms with Crippen LogP contribution in [0.25, 0.3) is 0 Å². The van der Waals surface area contributed by atoms with Gasteiger partial charge in [0.05, 0.1) is 0 Å². The monoisotopic (exact) mass is 219 g/mol. The fraction of sp³-hybridized carbons (Fsp3) is 0.300. The molecule has 0 amide bonds. The summed E-state index contributed by atoms with van der Waals surface area (Å²) in [6.07, 6.45) is 0. The molecule has 1 N–H and O–H groups in total. The Kier molecular flexibility index (Phi) is 3.00. The third-order valence-corrected chi connectivity index (χ3v) is 2.09. The van der Waals surface area contributed by atoms with Crippen LogP contribution in [-0.4, -0.2) is 34.7 Å². The van der Waals surface area contributed by atoms with E-state index in [0.29, 0.717) is 12.4 Å². The van der Waals surface area contributed by atoms with E-state index in [1.165, 1.54) is 0 Å². The number of hydrogen-bond donors (Lipinski definition) is 1. The molecule has 0 aliphatic heterocycles. The molecule has 0 atom stereocenters. The molecule has 6 nitrogen and oxygen atoms in total. The number of aromatic amines is 1. The lowest BCUT2D eigenvalue weighted by atomic mass is 10.3. The Bertz CT molecular complexity index is 440. The standard InChI is InChI=1S/C10H13N5O/c1-15(2)8-4-3-5-9(6-8)16-7-10-11-13-14-12-10/h3-6H,7H2,1-2H3,(H,11,12,13,14). The van der Waals surface area contributed by atoms with Gasteiger partial charge in [0.2, 0.25) is 5.82 Å². The van der Waals surface area contributed by atoms with Gasteiger partial charge in [0.15, 0.2) is 6.61 Å². The molecule has 2 rings (SSSR count). The lowest BCUT2D eigenvalue weighted by molar-refractivity contribution is 0.296. The molecule has 1 heterocycles. The minimum Gasteiger partial charge on any atom is -0.485 e. The van der Waals surface area contributed by atoms with Crippen LogP contribution in [0.1, 0.15) is 5.82 Å². The maximum absolute atomic E-state index is 5.53. The first-order chi connectivity index (χ1) is 7.75. The van der Waals surface area contributed by atoms with Crippen molar-refractivity contribution in [2.45, 2.75) is 6.61 Å². The van der Waals surface area contributed by atoms with Crippen molar-refractivity contribution in [2.24, 2.45) is 0 Å². The molecule has 1 aromatic carbocycles. The van der Waals surface area contributed by atoms with Crippen molar-refractivity contribution in [3.8, 4) is 5.75 Å². The molecule has 1 aromatic heterocycles. The first-order valence-electron chi connectivity index (χ1n) is 4.88. The number of H-pyrrole nitrogens is 1. The number of hydrogen-bond acceptors (Lipinski definition) is 5. The second-order valence-electron chi connectivity index (χ2n) is 3.51. The first-order valence-corrected chi connectivity index (χ1v) is 4.88. The van der Waals surface area contributed by atoms with Gasteiger partial charge in [-0.2, -0.15) is 5.21 Å². The van der Waals surface area contributed by atoms with E-state index in [1.807, 2.05) is 43.3 Å². The van der Waals surface area contributed by atoms with Gasteiger partial charge in [-0.25, -0.2) is 0 Å². The molecule has 0 bridgehead atoms. The quantitative estimate of drug-likeness (QED) is 0.825. The van der Waals surface area contributed by atoms with Gasteiger partial charge >= 0.3 is 0 Å². The van der Waals surface area contributed by atoms with Crippen LogP contribution in [-0.2, 0) is 6.61 Å². The summed E-state index contributed by atoms with van der Waals surface area (Å²) >= 11 is 0. The number of tetrazole rings is 1. The number of anilines is 1. The van der Waals surface area contributed by atoms with Gasteiger partial charge in [0.25, 0.3) is 0 Å². The Morgan fingerprint density at radius 3 is 2.94 bits per heavy atom. The molecule has 0 saturated heterocycles. The van der Waals surface area contributed by atoms with Crippen LogP contribution in [0.3, 0.4) is 0 Å². The fourth-order valence-corrected chi connectivity index (χ4v) is 1.24. The van der Waals surface area contributed by atoms with Gasteiger partial charge in [0, 0.05) is 25.8 Å². The summed E-state index contributed by atoms with van der Waals surface area (Å²) in [5, 5.41) is 13.4. The van der Waals surface area contributed by atoms with Crippen LogP contribution >= 0.6 is 0 Å². The average Bonchev–Trinajstić information content (AvgIpc) is 2.79. The normalized spacial score (nSPS) is 10.1. The highest BCUT2D eigenvalue weighted by atomic mass is 16.5. The molecule has 0 saturated carbocycles. The molecule has 0 aliphatic carbocycles. The minimum atomic E-state index is 0.313. The third-order valence-electron chi connectivity index (χ3n) is 2.09. The van der Waals surface area contributed by atoms with Gasteiger partial charge < -0.3 is 9.64 Å². The SMILES string of the molecule is CN(C)c1cccc(OCc2nn[nH]n2)c1. The molecule has 0 aliphatic rings. The number of aromatic nitrogens is 4. The van der Waals surface area contributed by atoms with Crippen LogP contribution in [0.15, 0.2) is 24.3 Å². The Labute approximate surface area is 93.2 Å². The molecule has 0 radical (unpaired) electrons. The summed E-state index contributed by atoms with van der Waals surface area (Å²) in [6, 6.07) is 7.81. The molecule has 0 unspecified atom stereocenters. The van der Waals surface area contributed by atoms with E-state index >= 15 is 0 Å². The predicted octanol–water partition coefficient (Wildman–Crippen LogP) is 0.845. The molecule has 16 heavy (non-hydrogen) atoms. The Morgan fingerprint density at radius 2 is 2.25 bits per heavy atom. The highest BCUT2D eigenvalue weighted by Gasteiger charge is 2.01. The van der Waals surface area contributed by atoms with Crippen LogP contribution in [0, 0.1) is 0 Å².